The summed E-state index contributed by atoms with van der Waals surface area (Å²) >= 11 is 12.6. The quantitative estimate of drug-likeness (QED) is 0.114. The van der Waals surface area contributed by atoms with Crippen molar-refractivity contribution in [1.29, 1.82) is 0 Å². The molecule has 1 aromatic heterocycles. The number of piperidine rings is 1. The number of pyridine rings is 1. The normalized spacial score (nSPS) is 15.1. The van der Waals surface area contributed by atoms with Gasteiger partial charge in [-0.1, -0.05) is 47.5 Å². The van der Waals surface area contributed by atoms with Crippen molar-refractivity contribution in [2.24, 2.45) is 0 Å². The number of hydrogen-bond donors (Lipinski definition) is 2. The lowest BCUT2D eigenvalue weighted by atomic mass is 9.84. The first-order valence-corrected chi connectivity index (χ1v) is 19.8. The van der Waals surface area contributed by atoms with Crippen LogP contribution in [-0.2, 0) is 19.6 Å². The number of carboxylic acids is 1. The van der Waals surface area contributed by atoms with Gasteiger partial charge in [-0.25, -0.2) is 8.42 Å². The van der Waals surface area contributed by atoms with Crippen LogP contribution in [0.5, 0.6) is 5.75 Å². The van der Waals surface area contributed by atoms with Gasteiger partial charge in [0.2, 0.25) is 0 Å². The molecule has 15 heteroatoms. The molecule has 0 amide bonds. The highest BCUT2D eigenvalue weighted by Gasteiger charge is 2.50. The Morgan fingerprint density at radius 2 is 1.48 bits per heavy atom. The lowest BCUT2D eigenvalue weighted by molar-refractivity contribution is -0.139. The fourth-order valence-corrected chi connectivity index (χ4v) is 7.75. The Kier molecular flexibility index (Phi) is 12.8. The molecule has 2 N–H and O–H groups in total. The molecule has 0 spiro atoms. The van der Waals surface area contributed by atoms with Gasteiger partial charge in [0, 0.05) is 65.2 Å². The van der Waals surface area contributed by atoms with E-state index in [2.05, 4.69) is 5.32 Å². The third-order valence-corrected chi connectivity index (χ3v) is 11.7. The molecule has 1 fully saturated rings. The zero-order valence-corrected chi connectivity index (χ0v) is 32.7. The summed E-state index contributed by atoms with van der Waals surface area (Å²) in [5.41, 5.74) is -2.83. The minimum atomic E-state index is -5.42. The maximum atomic E-state index is 13.3. The number of carbonyl (C=O) groups is 1. The number of ether oxygens (including phenoxy) is 2. The molecule has 0 atom stereocenters. The lowest BCUT2D eigenvalue weighted by Crippen LogP contribution is -2.47. The van der Waals surface area contributed by atoms with Crippen LogP contribution in [0.1, 0.15) is 82.4 Å². The van der Waals surface area contributed by atoms with E-state index in [4.69, 9.17) is 42.8 Å². The van der Waals surface area contributed by atoms with Gasteiger partial charge < -0.3 is 19.9 Å². The van der Waals surface area contributed by atoms with Crippen LogP contribution >= 0.6 is 23.2 Å². The van der Waals surface area contributed by atoms with Gasteiger partial charge in [0.15, 0.2) is 0 Å². The van der Waals surface area contributed by atoms with Crippen molar-refractivity contribution in [1.82, 2.24) is 9.29 Å². The minimum absolute atomic E-state index is 0.0120. The summed E-state index contributed by atoms with van der Waals surface area (Å²) in [6.07, 6.45) is 2.75. The van der Waals surface area contributed by atoms with Gasteiger partial charge in [0.05, 0.1) is 12.2 Å². The molecule has 3 aromatic carbocycles. The monoisotopic (exact) mass is 809 g/mol. The van der Waals surface area contributed by atoms with Crippen molar-refractivity contribution in [3.63, 3.8) is 0 Å². The first-order chi connectivity index (χ1) is 25.2. The number of nitrogens with one attached hydrogen (secondary N) is 1. The van der Waals surface area contributed by atoms with E-state index >= 15 is 0 Å². The van der Waals surface area contributed by atoms with Crippen molar-refractivity contribution in [2.45, 2.75) is 88.5 Å². The van der Waals surface area contributed by atoms with Gasteiger partial charge >= 0.3 is 21.5 Å². The molecule has 0 bridgehead atoms. The number of halogens is 5. The van der Waals surface area contributed by atoms with E-state index in [1.165, 1.54) is 0 Å². The zero-order valence-electron chi connectivity index (χ0n) is 30.4. The topological polar surface area (TPSA) is 118 Å². The fourth-order valence-electron chi connectivity index (χ4n) is 6.51. The van der Waals surface area contributed by atoms with Crippen molar-refractivity contribution in [3.8, 4) is 5.75 Å². The van der Waals surface area contributed by atoms with Gasteiger partial charge in [-0.3, -0.25) is 9.78 Å². The van der Waals surface area contributed by atoms with Gasteiger partial charge in [0.25, 0.3) is 0 Å². The predicted molar refractivity (Wildman–Crippen MR) is 205 cm³/mol. The van der Waals surface area contributed by atoms with Crippen LogP contribution in [0.15, 0.2) is 72.9 Å². The van der Waals surface area contributed by atoms with E-state index in [0.29, 0.717) is 56.1 Å². The Hall–Kier alpha value is -3.62. The number of rotatable bonds is 15. The molecule has 0 saturated carbocycles. The first kappa shape index (κ1) is 41.5. The standard InChI is InChI=1S/C39H44Cl2F3N3O6S/c1-37(2,17-13-34(48)49)52-22-18-38(3,4)53-33-24-27(35(25-5-9-28(40)10-6-25)26-7-11-29(41)12-8-26)23-31-32(14-19-45-36(31)33)46-30-15-20-47(21-16-30)54(50,51)39(42,43)44/h5-12,14,19,23-24,30,35H,13,15-18,20-22H2,1-4H3,(H,45,46)(H,48,49). The molecule has 9 nitrogen and oxygen atoms in total. The molecule has 54 heavy (non-hydrogen) atoms. The molecule has 4 aromatic rings. The van der Waals surface area contributed by atoms with Crippen LogP contribution in [0.3, 0.4) is 0 Å². The molecular weight excluding hydrogens is 766 g/mol. The van der Waals surface area contributed by atoms with Crippen LogP contribution in [0.2, 0.25) is 10.0 Å². The number of aromatic nitrogens is 1. The Balaban J connectivity index is 1.53. The predicted octanol–water partition coefficient (Wildman–Crippen LogP) is 9.66. The Bertz CT molecular complexity index is 1990. The maximum Gasteiger partial charge on any atom is 0.511 e. The third kappa shape index (κ3) is 10.4. The average Bonchev–Trinajstić information content (AvgIpc) is 3.09. The molecule has 1 saturated heterocycles. The van der Waals surface area contributed by atoms with Crippen LogP contribution in [0, 0.1) is 0 Å². The molecule has 0 unspecified atom stereocenters. The second-order valence-electron chi connectivity index (χ2n) is 14.7. The van der Waals surface area contributed by atoms with E-state index in [1.54, 1.807) is 12.3 Å². The van der Waals surface area contributed by atoms with Crippen molar-refractivity contribution in [2.75, 3.05) is 25.0 Å². The average molecular weight is 811 g/mol. The summed E-state index contributed by atoms with van der Waals surface area (Å²) in [6.45, 7) is 7.32. The number of aliphatic carboxylic acids is 1. The Labute approximate surface area is 323 Å². The van der Waals surface area contributed by atoms with Gasteiger partial charge in [-0.05, 0) is 106 Å². The smallest absolute Gasteiger partial charge is 0.485 e. The summed E-state index contributed by atoms with van der Waals surface area (Å²) in [5, 5.41) is 14.5. The Morgan fingerprint density at radius 1 is 0.907 bits per heavy atom. The highest BCUT2D eigenvalue weighted by atomic mass is 35.5. The van der Waals surface area contributed by atoms with Crippen molar-refractivity contribution >= 4 is 55.8 Å². The number of fused-ring (bicyclic) bond motifs is 1. The number of anilines is 1. The van der Waals surface area contributed by atoms with Gasteiger partial charge in [-0.2, -0.15) is 17.5 Å². The summed E-state index contributed by atoms with van der Waals surface area (Å²) in [4.78, 5) is 15.9. The van der Waals surface area contributed by atoms with E-state index in [1.807, 2.05) is 88.4 Å². The largest absolute Gasteiger partial charge is 0.511 e. The van der Waals surface area contributed by atoms with E-state index in [0.717, 1.165) is 16.7 Å². The molecule has 1 aliphatic rings. The van der Waals surface area contributed by atoms with Gasteiger partial charge in [-0.15, -0.1) is 0 Å². The van der Waals surface area contributed by atoms with Crippen molar-refractivity contribution < 1.29 is 41.0 Å². The number of hydrogen-bond acceptors (Lipinski definition) is 7. The summed E-state index contributed by atoms with van der Waals surface area (Å²) in [7, 11) is -5.42. The maximum absolute atomic E-state index is 13.3. The third-order valence-electron chi connectivity index (χ3n) is 9.54. The highest BCUT2D eigenvalue weighted by Crippen LogP contribution is 2.41. The number of sulfonamides is 1. The minimum Gasteiger partial charge on any atom is -0.485 e. The molecule has 292 valence electrons. The molecule has 0 aliphatic carbocycles. The van der Waals surface area contributed by atoms with Crippen LogP contribution < -0.4 is 10.1 Å². The van der Waals surface area contributed by atoms with Crippen LogP contribution in [0.4, 0.5) is 18.9 Å². The van der Waals surface area contributed by atoms with Gasteiger partial charge in [0.1, 0.15) is 16.9 Å². The zero-order chi connectivity index (χ0) is 39.5. The second kappa shape index (κ2) is 16.6. The molecule has 2 heterocycles. The van der Waals surface area contributed by atoms with Crippen LogP contribution in [0.25, 0.3) is 10.9 Å². The van der Waals surface area contributed by atoms with E-state index in [-0.39, 0.29) is 44.3 Å². The summed E-state index contributed by atoms with van der Waals surface area (Å²) in [5.74, 6) is -0.712. The molecular formula is C39H44Cl2F3N3O6S. The number of benzene rings is 3. The number of alkyl halides is 3. The number of nitrogens with zero attached hydrogens (tertiary/aromatic N) is 2. The molecule has 0 radical (unpaired) electrons. The Morgan fingerprint density at radius 3 is 2.02 bits per heavy atom. The van der Waals surface area contributed by atoms with Crippen LogP contribution in [-0.4, -0.2) is 71.2 Å². The second-order valence-corrected chi connectivity index (χ2v) is 17.5. The summed E-state index contributed by atoms with van der Waals surface area (Å²) in [6, 6.07) is 20.5. The summed E-state index contributed by atoms with van der Waals surface area (Å²) < 4.78 is 77.2. The van der Waals surface area contributed by atoms with E-state index < -0.39 is 32.7 Å². The fraction of sp³-hybridized carbons (Fsp3) is 0.436. The molecule has 1 aliphatic heterocycles. The van der Waals surface area contributed by atoms with Crippen molar-refractivity contribution in [3.05, 3.63) is 99.7 Å². The number of carboxylic acid groups (broad SMARTS) is 1. The SMILES string of the molecule is CC(C)(CCC(=O)O)OCCC(C)(C)Oc1cc(C(c2ccc(Cl)cc2)c2ccc(Cl)cc2)cc2c(NC3CCN(S(=O)(=O)C(F)(F)F)CC3)ccnc12. The lowest BCUT2D eigenvalue weighted by Gasteiger charge is -2.33. The highest BCUT2D eigenvalue weighted by molar-refractivity contribution is 7.90. The first-order valence-electron chi connectivity index (χ1n) is 17.6. The molecule has 5 rings (SSSR count). The van der Waals surface area contributed by atoms with E-state index in [9.17, 15) is 26.4 Å².